The molecule has 0 saturated heterocycles. The Morgan fingerprint density at radius 1 is 1.46 bits per heavy atom. The van der Waals surface area contributed by atoms with Gasteiger partial charge in [-0.25, -0.2) is 4.39 Å². The van der Waals surface area contributed by atoms with Gasteiger partial charge in [-0.2, -0.15) is 0 Å². The van der Waals surface area contributed by atoms with Crippen LogP contribution in [0.15, 0.2) is 24.3 Å². The highest BCUT2D eigenvalue weighted by atomic mass is 127. The Morgan fingerprint density at radius 2 is 2.15 bits per heavy atom. The fourth-order valence-corrected chi connectivity index (χ4v) is 1.46. The Bertz CT molecular complexity index is 303. The van der Waals surface area contributed by atoms with Crippen molar-refractivity contribution in [3.63, 3.8) is 0 Å². The molecular formula is C9H9FINO. The molecule has 0 fully saturated rings. The molecule has 4 heteroatoms. The van der Waals surface area contributed by atoms with Crippen molar-refractivity contribution >= 4 is 28.5 Å². The first-order valence-corrected chi connectivity index (χ1v) is 4.88. The average molecular weight is 293 g/mol. The van der Waals surface area contributed by atoms with Crippen molar-refractivity contribution in [2.24, 2.45) is 0 Å². The maximum Gasteiger partial charge on any atom is 0.251 e. The second-order valence-corrected chi connectivity index (χ2v) is 3.66. The molecule has 1 aromatic rings. The van der Waals surface area contributed by atoms with Crippen molar-refractivity contribution in [3.05, 3.63) is 33.4 Å². The molecule has 0 saturated carbocycles. The largest absolute Gasteiger partial charge is 0.350 e. The van der Waals surface area contributed by atoms with Crippen LogP contribution in [0.25, 0.3) is 0 Å². The SMILES string of the molecule is O=C(CF)NCc1ccccc1I. The first-order chi connectivity index (χ1) is 6.24. The molecule has 0 radical (unpaired) electrons. The smallest absolute Gasteiger partial charge is 0.251 e. The summed E-state index contributed by atoms with van der Waals surface area (Å²) in [6.45, 7) is -0.564. The number of benzene rings is 1. The summed E-state index contributed by atoms with van der Waals surface area (Å²) in [4.78, 5) is 10.6. The lowest BCUT2D eigenvalue weighted by atomic mass is 10.2. The first-order valence-electron chi connectivity index (χ1n) is 3.80. The van der Waals surface area contributed by atoms with Crippen LogP contribution in [-0.2, 0) is 11.3 Å². The molecule has 0 heterocycles. The molecular weight excluding hydrogens is 284 g/mol. The van der Waals surface area contributed by atoms with Crippen LogP contribution in [0.1, 0.15) is 5.56 Å². The van der Waals surface area contributed by atoms with Crippen LogP contribution in [0.4, 0.5) is 4.39 Å². The lowest BCUT2D eigenvalue weighted by molar-refractivity contribution is -0.122. The van der Waals surface area contributed by atoms with E-state index in [1.807, 2.05) is 24.3 Å². The average Bonchev–Trinajstić information content (AvgIpc) is 2.16. The van der Waals surface area contributed by atoms with E-state index in [-0.39, 0.29) is 0 Å². The van der Waals surface area contributed by atoms with E-state index in [2.05, 4.69) is 27.9 Å². The summed E-state index contributed by atoms with van der Waals surface area (Å²) in [5, 5.41) is 2.47. The van der Waals surface area contributed by atoms with E-state index in [9.17, 15) is 9.18 Å². The molecule has 0 unspecified atom stereocenters. The minimum atomic E-state index is -0.955. The summed E-state index contributed by atoms with van der Waals surface area (Å²) < 4.78 is 12.8. The van der Waals surface area contributed by atoms with Gasteiger partial charge in [-0.05, 0) is 34.2 Å². The summed E-state index contributed by atoms with van der Waals surface area (Å²) in [5.74, 6) is -0.570. The van der Waals surface area contributed by atoms with E-state index in [0.29, 0.717) is 6.54 Å². The molecule has 1 rings (SSSR count). The zero-order valence-electron chi connectivity index (χ0n) is 6.89. The van der Waals surface area contributed by atoms with Crippen molar-refractivity contribution < 1.29 is 9.18 Å². The van der Waals surface area contributed by atoms with Gasteiger partial charge in [0, 0.05) is 10.1 Å². The van der Waals surface area contributed by atoms with Gasteiger partial charge in [-0.3, -0.25) is 4.79 Å². The highest BCUT2D eigenvalue weighted by Crippen LogP contribution is 2.10. The molecule has 0 aromatic heterocycles. The fraction of sp³-hybridized carbons (Fsp3) is 0.222. The Hall–Kier alpha value is -0.650. The predicted octanol–water partition coefficient (Wildman–Crippen LogP) is 1.88. The van der Waals surface area contributed by atoms with Crippen LogP contribution in [0.3, 0.4) is 0 Å². The second kappa shape index (κ2) is 5.16. The van der Waals surface area contributed by atoms with E-state index < -0.39 is 12.6 Å². The Labute approximate surface area is 89.7 Å². The number of amides is 1. The normalized spacial score (nSPS) is 9.69. The number of rotatable bonds is 3. The Balaban J connectivity index is 2.54. The molecule has 2 nitrogen and oxygen atoms in total. The molecule has 0 spiro atoms. The van der Waals surface area contributed by atoms with Gasteiger partial charge >= 0.3 is 0 Å². The summed E-state index contributed by atoms with van der Waals surface area (Å²) in [7, 11) is 0. The molecule has 0 aliphatic heterocycles. The number of nitrogens with one attached hydrogen (secondary N) is 1. The lowest BCUT2D eigenvalue weighted by Crippen LogP contribution is -2.24. The van der Waals surface area contributed by atoms with E-state index >= 15 is 0 Å². The van der Waals surface area contributed by atoms with Gasteiger partial charge < -0.3 is 5.32 Å². The topological polar surface area (TPSA) is 29.1 Å². The maximum atomic E-state index is 11.8. The van der Waals surface area contributed by atoms with Gasteiger partial charge in [0.05, 0.1) is 0 Å². The third-order valence-corrected chi connectivity index (χ3v) is 2.61. The maximum absolute atomic E-state index is 11.8. The molecule has 13 heavy (non-hydrogen) atoms. The van der Waals surface area contributed by atoms with E-state index in [4.69, 9.17) is 0 Å². The zero-order valence-corrected chi connectivity index (χ0v) is 9.05. The number of halogens is 2. The second-order valence-electron chi connectivity index (χ2n) is 2.50. The van der Waals surface area contributed by atoms with Gasteiger partial charge in [0.2, 0.25) is 0 Å². The van der Waals surface area contributed by atoms with Crippen molar-refractivity contribution in [1.29, 1.82) is 0 Å². The number of carbonyl (C=O) groups is 1. The van der Waals surface area contributed by atoms with Crippen molar-refractivity contribution in [2.45, 2.75) is 6.54 Å². The molecule has 0 aliphatic carbocycles. The van der Waals surface area contributed by atoms with Crippen LogP contribution in [0, 0.1) is 3.57 Å². The monoisotopic (exact) mass is 293 g/mol. The van der Waals surface area contributed by atoms with Crippen molar-refractivity contribution in [1.82, 2.24) is 5.32 Å². The summed E-state index contributed by atoms with van der Waals surface area (Å²) in [5.41, 5.74) is 1.00. The summed E-state index contributed by atoms with van der Waals surface area (Å²) in [6.07, 6.45) is 0. The summed E-state index contributed by atoms with van der Waals surface area (Å²) >= 11 is 2.17. The molecule has 1 amide bonds. The number of hydrogen-bond donors (Lipinski definition) is 1. The Kier molecular flexibility index (Phi) is 4.14. The highest BCUT2D eigenvalue weighted by Gasteiger charge is 2.01. The van der Waals surface area contributed by atoms with Gasteiger partial charge in [-0.1, -0.05) is 18.2 Å². The minimum absolute atomic E-state index is 0.391. The minimum Gasteiger partial charge on any atom is -0.350 e. The van der Waals surface area contributed by atoms with Crippen molar-refractivity contribution in [2.75, 3.05) is 6.67 Å². The van der Waals surface area contributed by atoms with Crippen LogP contribution < -0.4 is 5.32 Å². The molecule has 1 aromatic carbocycles. The van der Waals surface area contributed by atoms with Crippen LogP contribution in [0.2, 0.25) is 0 Å². The number of carbonyl (C=O) groups excluding carboxylic acids is 1. The van der Waals surface area contributed by atoms with Gasteiger partial charge in [-0.15, -0.1) is 0 Å². The molecule has 70 valence electrons. The number of hydrogen-bond acceptors (Lipinski definition) is 1. The van der Waals surface area contributed by atoms with Gasteiger partial charge in [0.1, 0.15) is 0 Å². The fourth-order valence-electron chi connectivity index (χ4n) is 0.883. The number of alkyl halides is 1. The van der Waals surface area contributed by atoms with Crippen molar-refractivity contribution in [3.8, 4) is 0 Å². The van der Waals surface area contributed by atoms with Crippen LogP contribution >= 0.6 is 22.6 Å². The molecule has 0 bridgehead atoms. The lowest BCUT2D eigenvalue weighted by Gasteiger charge is -2.04. The molecule has 0 aliphatic rings. The molecule has 0 atom stereocenters. The van der Waals surface area contributed by atoms with E-state index in [0.717, 1.165) is 9.13 Å². The van der Waals surface area contributed by atoms with E-state index in [1.54, 1.807) is 0 Å². The third-order valence-electron chi connectivity index (χ3n) is 1.56. The quantitative estimate of drug-likeness (QED) is 0.847. The van der Waals surface area contributed by atoms with Gasteiger partial charge in [0.15, 0.2) is 6.67 Å². The first kappa shape index (κ1) is 10.4. The molecule has 1 N–H and O–H groups in total. The van der Waals surface area contributed by atoms with Crippen LogP contribution in [-0.4, -0.2) is 12.6 Å². The highest BCUT2D eigenvalue weighted by molar-refractivity contribution is 14.1. The summed E-state index contributed by atoms with van der Waals surface area (Å²) in [6, 6.07) is 7.65. The van der Waals surface area contributed by atoms with Gasteiger partial charge in [0.25, 0.3) is 5.91 Å². The predicted molar refractivity (Wildman–Crippen MR) is 57.0 cm³/mol. The zero-order chi connectivity index (χ0) is 9.68. The van der Waals surface area contributed by atoms with Crippen LogP contribution in [0.5, 0.6) is 0 Å². The standard InChI is InChI=1S/C9H9FINO/c10-5-9(13)12-6-7-3-1-2-4-8(7)11/h1-4H,5-6H2,(H,12,13). The third kappa shape index (κ3) is 3.30. The Morgan fingerprint density at radius 3 is 2.77 bits per heavy atom. The van der Waals surface area contributed by atoms with E-state index in [1.165, 1.54) is 0 Å².